The molecular weight excluding hydrogens is 204 g/mol. The number of anilines is 1. The highest BCUT2D eigenvalue weighted by Gasteiger charge is 2.26. The van der Waals surface area contributed by atoms with Gasteiger partial charge in [-0.05, 0) is 32.1 Å². The van der Waals surface area contributed by atoms with Crippen LogP contribution in [0.4, 0.5) is 6.01 Å². The second kappa shape index (κ2) is 4.05. The third-order valence-electron chi connectivity index (χ3n) is 3.50. The first-order valence-corrected chi connectivity index (χ1v) is 6.11. The molecule has 0 unspecified atom stereocenters. The molecule has 2 fully saturated rings. The Morgan fingerprint density at radius 2 is 2.12 bits per heavy atom. The predicted molar refractivity (Wildman–Crippen MR) is 60.2 cm³/mol. The van der Waals surface area contributed by atoms with Gasteiger partial charge in [-0.1, -0.05) is 5.10 Å². The maximum absolute atomic E-state index is 5.62. The molecule has 2 aliphatic rings. The largest absolute Gasteiger partial charge is 0.407 e. The van der Waals surface area contributed by atoms with E-state index < -0.39 is 0 Å². The molecule has 0 aromatic carbocycles. The molecule has 1 aromatic heterocycles. The SMILES string of the molecule is CN(c1nnc(CNC2CC2)o1)C1CCC1. The highest BCUT2D eigenvalue weighted by molar-refractivity contribution is 5.25. The lowest BCUT2D eigenvalue weighted by molar-refractivity contribution is 0.372. The molecule has 16 heavy (non-hydrogen) atoms. The van der Waals surface area contributed by atoms with Gasteiger partial charge in [0, 0.05) is 19.1 Å². The van der Waals surface area contributed by atoms with Crippen LogP contribution in [0.3, 0.4) is 0 Å². The zero-order chi connectivity index (χ0) is 11.0. The van der Waals surface area contributed by atoms with Gasteiger partial charge in [-0.3, -0.25) is 0 Å². The van der Waals surface area contributed by atoms with Crippen molar-refractivity contribution < 1.29 is 4.42 Å². The number of nitrogens with zero attached hydrogens (tertiary/aromatic N) is 3. The van der Waals surface area contributed by atoms with Crippen LogP contribution < -0.4 is 10.2 Å². The van der Waals surface area contributed by atoms with E-state index in [0.717, 1.165) is 0 Å². The van der Waals surface area contributed by atoms with Gasteiger partial charge in [-0.15, -0.1) is 5.10 Å². The molecule has 1 heterocycles. The summed E-state index contributed by atoms with van der Waals surface area (Å²) in [5.41, 5.74) is 0. The summed E-state index contributed by atoms with van der Waals surface area (Å²) in [5, 5.41) is 11.5. The molecule has 0 aliphatic heterocycles. The van der Waals surface area contributed by atoms with Crippen LogP contribution in [0.15, 0.2) is 4.42 Å². The maximum atomic E-state index is 5.62. The number of hydrogen-bond donors (Lipinski definition) is 1. The summed E-state index contributed by atoms with van der Waals surface area (Å²) in [5.74, 6) is 0.702. The smallest absolute Gasteiger partial charge is 0.318 e. The van der Waals surface area contributed by atoms with Gasteiger partial charge >= 0.3 is 6.01 Å². The second-order valence-corrected chi connectivity index (χ2v) is 4.83. The van der Waals surface area contributed by atoms with Crippen molar-refractivity contribution in [1.82, 2.24) is 15.5 Å². The Labute approximate surface area is 95.2 Å². The van der Waals surface area contributed by atoms with Crippen molar-refractivity contribution in [2.45, 2.75) is 50.7 Å². The molecule has 5 heteroatoms. The normalized spacial score (nSPS) is 20.8. The fraction of sp³-hybridized carbons (Fsp3) is 0.818. The Morgan fingerprint density at radius 3 is 2.75 bits per heavy atom. The second-order valence-electron chi connectivity index (χ2n) is 4.83. The molecule has 0 atom stereocenters. The van der Waals surface area contributed by atoms with Gasteiger partial charge in [0.05, 0.1) is 6.54 Å². The van der Waals surface area contributed by atoms with Crippen LogP contribution in [-0.4, -0.2) is 29.3 Å². The van der Waals surface area contributed by atoms with Crippen LogP contribution >= 0.6 is 0 Å². The fourth-order valence-electron chi connectivity index (χ4n) is 1.91. The van der Waals surface area contributed by atoms with Gasteiger partial charge in [0.1, 0.15) is 0 Å². The maximum Gasteiger partial charge on any atom is 0.318 e. The molecule has 2 saturated carbocycles. The van der Waals surface area contributed by atoms with Crippen LogP contribution in [0.5, 0.6) is 0 Å². The van der Waals surface area contributed by atoms with Crippen molar-refractivity contribution in [3.63, 3.8) is 0 Å². The van der Waals surface area contributed by atoms with Gasteiger partial charge in [0.15, 0.2) is 0 Å². The fourth-order valence-corrected chi connectivity index (χ4v) is 1.91. The van der Waals surface area contributed by atoms with Crippen molar-refractivity contribution in [2.24, 2.45) is 0 Å². The molecule has 0 bridgehead atoms. The summed E-state index contributed by atoms with van der Waals surface area (Å²) < 4.78 is 5.62. The quantitative estimate of drug-likeness (QED) is 0.814. The Kier molecular flexibility index (Phi) is 2.55. The van der Waals surface area contributed by atoms with Crippen LogP contribution in [-0.2, 0) is 6.54 Å². The van der Waals surface area contributed by atoms with Gasteiger partial charge < -0.3 is 14.6 Å². The van der Waals surface area contributed by atoms with Gasteiger partial charge in [0.25, 0.3) is 0 Å². The average molecular weight is 222 g/mol. The summed E-state index contributed by atoms with van der Waals surface area (Å²) in [6.07, 6.45) is 6.37. The van der Waals surface area contributed by atoms with E-state index in [1.54, 1.807) is 0 Å². The zero-order valence-corrected chi connectivity index (χ0v) is 9.65. The molecule has 0 radical (unpaired) electrons. The molecule has 0 saturated heterocycles. The highest BCUT2D eigenvalue weighted by atomic mass is 16.4. The number of nitrogens with one attached hydrogen (secondary N) is 1. The first-order valence-electron chi connectivity index (χ1n) is 6.11. The van der Waals surface area contributed by atoms with Crippen molar-refractivity contribution in [3.05, 3.63) is 5.89 Å². The van der Waals surface area contributed by atoms with Crippen molar-refractivity contribution >= 4 is 6.01 Å². The van der Waals surface area contributed by atoms with E-state index in [2.05, 4.69) is 20.4 Å². The molecule has 3 rings (SSSR count). The molecule has 1 aromatic rings. The topological polar surface area (TPSA) is 54.2 Å². The van der Waals surface area contributed by atoms with E-state index in [1.807, 2.05) is 7.05 Å². The molecule has 5 nitrogen and oxygen atoms in total. The number of aromatic nitrogens is 2. The van der Waals surface area contributed by atoms with E-state index in [9.17, 15) is 0 Å². The third kappa shape index (κ3) is 2.04. The summed E-state index contributed by atoms with van der Waals surface area (Å²) in [4.78, 5) is 2.11. The van der Waals surface area contributed by atoms with Crippen molar-refractivity contribution in [3.8, 4) is 0 Å². The van der Waals surface area contributed by atoms with Crippen LogP contribution in [0.2, 0.25) is 0 Å². The van der Waals surface area contributed by atoms with Gasteiger partial charge in [-0.25, -0.2) is 0 Å². The third-order valence-corrected chi connectivity index (χ3v) is 3.50. The van der Waals surface area contributed by atoms with E-state index in [4.69, 9.17) is 4.42 Å². The molecule has 88 valence electrons. The lowest BCUT2D eigenvalue weighted by atomic mass is 9.92. The Bertz CT molecular complexity index is 357. The number of rotatable bonds is 5. The Balaban J connectivity index is 1.57. The first kappa shape index (κ1) is 10.1. The highest BCUT2D eigenvalue weighted by Crippen LogP contribution is 2.27. The van der Waals surface area contributed by atoms with E-state index >= 15 is 0 Å². The lowest BCUT2D eigenvalue weighted by Crippen LogP contribution is -2.37. The standard InChI is InChI=1S/C11H18N4O/c1-15(9-3-2-4-9)11-14-13-10(16-11)7-12-8-5-6-8/h8-9,12H,2-7H2,1H3. The summed E-state index contributed by atoms with van der Waals surface area (Å²) in [6, 6.07) is 1.95. The molecular formula is C11H18N4O. The summed E-state index contributed by atoms with van der Waals surface area (Å²) in [7, 11) is 2.04. The van der Waals surface area contributed by atoms with Crippen LogP contribution in [0, 0.1) is 0 Å². The van der Waals surface area contributed by atoms with Crippen molar-refractivity contribution in [2.75, 3.05) is 11.9 Å². The van der Waals surface area contributed by atoms with Gasteiger partial charge in [0.2, 0.25) is 5.89 Å². The van der Waals surface area contributed by atoms with E-state index in [0.29, 0.717) is 30.5 Å². The summed E-state index contributed by atoms with van der Waals surface area (Å²) in [6.45, 7) is 0.705. The van der Waals surface area contributed by atoms with Gasteiger partial charge in [-0.2, -0.15) is 0 Å². The monoisotopic (exact) mass is 222 g/mol. The van der Waals surface area contributed by atoms with Crippen LogP contribution in [0.1, 0.15) is 38.0 Å². The molecule has 2 aliphatic carbocycles. The Morgan fingerprint density at radius 1 is 1.31 bits per heavy atom. The average Bonchev–Trinajstić information content (AvgIpc) is 2.90. The van der Waals surface area contributed by atoms with E-state index in [-0.39, 0.29) is 0 Å². The predicted octanol–water partition coefficient (Wildman–Crippen LogP) is 1.31. The molecule has 0 amide bonds. The van der Waals surface area contributed by atoms with Crippen LogP contribution in [0.25, 0.3) is 0 Å². The first-order chi connectivity index (χ1) is 7.83. The zero-order valence-electron chi connectivity index (χ0n) is 9.65. The van der Waals surface area contributed by atoms with E-state index in [1.165, 1.54) is 32.1 Å². The minimum atomic E-state index is 0.602. The lowest BCUT2D eigenvalue weighted by Gasteiger charge is -2.33. The molecule has 0 spiro atoms. The minimum absolute atomic E-state index is 0.602. The minimum Gasteiger partial charge on any atom is -0.407 e. The number of hydrogen-bond acceptors (Lipinski definition) is 5. The summed E-state index contributed by atoms with van der Waals surface area (Å²) >= 11 is 0. The molecule has 1 N–H and O–H groups in total. The Hall–Kier alpha value is -1.10. The van der Waals surface area contributed by atoms with Crippen molar-refractivity contribution in [1.29, 1.82) is 0 Å².